The second-order valence-corrected chi connectivity index (χ2v) is 6.90. The number of carbonyl (C=O) groups is 2. The molecule has 0 spiro atoms. The summed E-state index contributed by atoms with van der Waals surface area (Å²) in [5, 5.41) is 2.37. The zero-order chi connectivity index (χ0) is 20.5. The number of pyridine rings is 1. The number of fused-ring (bicyclic) bond motifs is 1. The van der Waals surface area contributed by atoms with Crippen molar-refractivity contribution in [2.75, 3.05) is 10.2 Å². The first kappa shape index (κ1) is 18.7. The van der Waals surface area contributed by atoms with E-state index in [1.54, 1.807) is 4.90 Å². The predicted molar refractivity (Wildman–Crippen MR) is 105 cm³/mol. The molecular formula is C22H17F2N3O2. The minimum atomic E-state index is -0.888. The Morgan fingerprint density at radius 1 is 1.07 bits per heavy atom. The van der Waals surface area contributed by atoms with Gasteiger partial charge in [-0.3, -0.25) is 14.6 Å². The molecule has 2 aromatic carbocycles. The van der Waals surface area contributed by atoms with Gasteiger partial charge in [0.2, 0.25) is 0 Å². The third kappa shape index (κ3) is 3.59. The maximum atomic E-state index is 13.8. The highest BCUT2D eigenvalue weighted by molar-refractivity contribution is 6.10. The number of halogens is 2. The molecule has 1 aromatic heterocycles. The lowest BCUT2D eigenvalue weighted by atomic mass is 10.1. The Labute approximate surface area is 166 Å². The topological polar surface area (TPSA) is 62.3 Å². The second kappa shape index (κ2) is 7.43. The van der Waals surface area contributed by atoms with Crippen LogP contribution in [0.4, 0.5) is 20.2 Å². The molecule has 7 heteroatoms. The van der Waals surface area contributed by atoms with Crippen molar-refractivity contribution in [1.82, 2.24) is 4.98 Å². The highest BCUT2D eigenvalue weighted by Crippen LogP contribution is 2.33. The Morgan fingerprint density at radius 3 is 2.62 bits per heavy atom. The number of amides is 2. The van der Waals surface area contributed by atoms with E-state index in [2.05, 4.69) is 10.3 Å². The van der Waals surface area contributed by atoms with E-state index in [-0.39, 0.29) is 28.8 Å². The van der Waals surface area contributed by atoms with E-state index in [1.165, 1.54) is 18.5 Å². The van der Waals surface area contributed by atoms with Gasteiger partial charge < -0.3 is 10.2 Å². The van der Waals surface area contributed by atoms with Crippen molar-refractivity contribution in [3.05, 3.63) is 89.2 Å². The molecule has 29 heavy (non-hydrogen) atoms. The summed E-state index contributed by atoms with van der Waals surface area (Å²) in [6, 6.07) is 11.9. The van der Waals surface area contributed by atoms with E-state index in [0.717, 1.165) is 29.8 Å². The van der Waals surface area contributed by atoms with Crippen molar-refractivity contribution < 1.29 is 18.4 Å². The van der Waals surface area contributed by atoms with Crippen molar-refractivity contribution in [1.29, 1.82) is 0 Å². The molecule has 0 bridgehead atoms. The summed E-state index contributed by atoms with van der Waals surface area (Å²) in [7, 11) is 0. The summed E-state index contributed by atoms with van der Waals surface area (Å²) in [6.45, 7) is 1.96. The largest absolute Gasteiger partial charge is 0.319 e. The first-order valence-electron chi connectivity index (χ1n) is 9.07. The molecular weight excluding hydrogens is 376 g/mol. The van der Waals surface area contributed by atoms with Crippen LogP contribution in [0.25, 0.3) is 0 Å². The van der Waals surface area contributed by atoms with E-state index in [1.807, 2.05) is 31.2 Å². The molecule has 0 saturated carbocycles. The van der Waals surface area contributed by atoms with Gasteiger partial charge in [-0.2, -0.15) is 0 Å². The Morgan fingerprint density at radius 2 is 1.83 bits per heavy atom. The Hall–Kier alpha value is -3.61. The lowest BCUT2D eigenvalue weighted by molar-refractivity contribution is 0.0981. The summed E-state index contributed by atoms with van der Waals surface area (Å²) in [5.74, 6) is -2.54. The van der Waals surface area contributed by atoms with E-state index in [0.29, 0.717) is 6.07 Å². The van der Waals surface area contributed by atoms with E-state index in [4.69, 9.17) is 0 Å². The molecule has 3 aromatic rings. The summed E-state index contributed by atoms with van der Waals surface area (Å²) in [5.41, 5.74) is 2.12. The van der Waals surface area contributed by atoms with Gasteiger partial charge in [-0.1, -0.05) is 18.2 Å². The average Bonchev–Trinajstić information content (AvgIpc) is 3.05. The van der Waals surface area contributed by atoms with Gasteiger partial charge in [0, 0.05) is 30.2 Å². The molecule has 5 nitrogen and oxygen atoms in total. The Kier molecular flexibility index (Phi) is 4.80. The molecule has 2 amide bonds. The molecule has 0 saturated heterocycles. The van der Waals surface area contributed by atoms with Gasteiger partial charge >= 0.3 is 0 Å². The SMILES string of the molecule is CC1Cc2ccccc2N1C(=O)c1cncc(C(=O)Nc2ccc(F)cc2F)c1. The molecule has 1 N–H and O–H groups in total. The normalized spacial score (nSPS) is 15.1. The number of para-hydroxylation sites is 1. The number of anilines is 2. The predicted octanol–water partition coefficient (Wildman–Crippen LogP) is 4.20. The number of aromatic nitrogens is 1. The number of nitrogens with one attached hydrogen (secondary N) is 1. The van der Waals surface area contributed by atoms with Crippen LogP contribution in [0.2, 0.25) is 0 Å². The van der Waals surface area contributed by atoms with E-state index >= 15 is 0 Å². The molecule has 1 atom stereocenters. The second-order valence-electron chi connectivity index (χ2n) is 6.90. The fraction of sp³-hybridized carbons (Fsp3) is 0.136. The highest BCUT2D eigenvalue weighted by Gasteiger charge is 2.31. The van der Waals surface area contributed by atoms with Crippen molar-refractivity contribution >= 4 is 23.2 Å². The first-order chi connectivity index (χ1) is 13.9. The number of carbonyl (C=O) groups excluding carboxylic acids is 2. The number of hydrogen-bond donors (Lipinski definition) is 1. The van der Waals surface area contributed by atoms with Crippen LogP contribution in [0.1, 0.15) is 33.2 Å². The lowest BCUT2D eigenvalue weighted by Crippen LogP contribution is -2.35. The summed E-state index contributed by atoms with van der Waals surface area (Å²) in [4.78, 5) is 31.3. The van der Waals surface area contributed by atoms with Crippen LogP contribution in [0.15, 0.2) is 60.9 Å². The number of hydrogen-bond acceptors (Lipinski definition) is 3. The van der Waals surface area contributed by atoms with E-state index in [9.17, 15) is 18.4 Å². The quantitative estimate of drug-likeness (QED) is 0.725. The maximum Gasteiger partial charge on any atom is 0.260 e. The van der Waals surface area contributed by atoms with Gasteiger partial charge in [-0.05, 0) is 43.2 Å². The lowest BCUT2D eigenvalue weighted by Gasteiger charge is -2.22. The van der Waals surface area contributed by atoms with Crippen LogP contribution in [0.3, 0.4) is 0 Å². The summed E-state index contributed by atoms with van der Waals surface area (Å²) < 4.78 is 26.8. The number of rotatable bonds is 3. The number of benzene rings is 2. The maximum absolute atomic E-state index is 13.8. The van der Waals surface area contributed by atoms with Crippen LogP contribution in [0.5, 0.6) is 0 Å². The Balaban J connectivity index is 1.59. The van der Waals surface area contributed by atoms with Crippen molar-refractivity contribution in [2.24, 2.45) is 0 Å². The van der Waals surface area contributed by atoms with Gasteiger partial charge in [0.05, 0.1) is 16.8 Å². The van der Waals surface area contributed by atoms with Crippen molar-refractivity contribution in [3.8, 4) is 0 Å². The molecule has 4 rings (SSSR count). The van der Waals surface area contributed by atoms with Crippen LogP contribution in [-0.4, -0.2) is 22.8 Å². The van der Waals surface area contributed by atoms with E-state index < -0.39 is 17.5 Å². The minimum Gasteiger partial charge on any atom is -0.319 e. The molecule has 1 aliphatic heterocycles. The van der Waals surface area contributed by atoms with Crippen LogP contribution in [-0.2, 0) is 6.42 Å². The molecule has 0 aliphatic carbocycles. The van der Waals surface area contributed by atoms with Crippen molar-refractivity contribution in [3.63, 3.8) is 0 Å². The zero-order valence-electron chi connectivity index (χ0n) is 15.5. The van der Waals surface area contributed by atoms with Crippen LogP contribution in [0, 0.1) is 11.6 Å². The highest BCUT2D eigenvalue weighted by atomic mass is 19.1. The average molecular weight is 393 g/mol. The third-order valence-corrected chi connectivity index (χ3v) is 4.85. The van der Waals surface area contributed by atoms with Crippen LogP contribution >= 0.6 is 0 Å². The Bertz CT molecular complexity index is 1120. The van der Waals surface area contributed by atoms with Gasteiger partial charge in [0.1, 0.15) is 11.6 Å². The fourth-order valence-electron chi connectivity index (χ4n) is 3.48. The molecule has 146 valence electrons. The molecule has 0 radical (unpaired) electrons. The fourth-order valence-corrected chi connectivity index (χ4v) is 3.48. The molecule has 0 fully saturated rings. The van der Waals surface area contributed by atoms with Crippen LogP contribution < -0.4 is 10.2 Å². The van der Waals surface area contributed by atoms with Gasteiger partial charge in [0.15, 0.2) is 0 Å². The summed E-state index contributed by atoms with van der Waals surface area (Å²) in [6.07, 6.45) is 3.43. The third-order valence-electron chi connectivity index (χ3n) is 4.85. The standard InChI is InChI=1S/C22H17F2N3O2/c1-13-8-14-4-2-3-5-20(14)27(13)22(29)16-9-15(11-25-12-16)21(28)26-19-7-6-17(23)10-18(19)24/h2-7,9-13H,8H2,1H3,(H,26,28). The smallest absolute Gasteiger partial charge is 0.260 e. The molecule has 2 heterocycles. The summed E-state index contributed by atoms with van der Waals surface area (Å²) >= 11 is 0. The minimum absolute atomic E-state index is 0.0225. The first-order valence-corrected chi connectivity index (χ1v) is 9.07. The molecule has 1 unspecified atom stereocenters. The van der Waals surface area contributed by atoms with Gasteiger partial charge in [0.25, 0.3) is 11.8 Å². The monoisotopic (exact) mass is 393 g/mol. The van der Waals surface area contributed by atoms with Gasteiger partial charge in [-0.25, -0.2) is 8.78 Å². The van der Waals surface area contributed by atoms with Crippen molar-refractivity contribution in [2.45, 2.75) is 19.4 Å². The van der Waals surface area contributed by atoms with Gasteiger partial charge in [-0.15, -0.1) is 0 Å². The number of nitrogens with zero attached hydrogens (tertiary/aromatic N) is 2. The molecule has 1 aliphatic rings. The zero-order valence-corrected chi connectivity index (χ0v) is 15.5.